The van der Waals surface area contributed by atoms with E-state index in [1.165, 1.54) is 11.8 Å². The number of carboxylic acids is 1. The number of rotatable bonds is 8. The molecule has 0 aromatic heterocycles. The summed E-state index contributed by atoms with van der Waals surface area (Å²) in [5.74, 6) is -0.538. The maximum Gasteiger partial charge on any atom is 0.326 e. The summed E-state index contributed by atoms with van der Waals surface area (Å²) in [6.07, 6.45) is 2.24. The zero-order valence-corrected chi connectivity index (χ0v) is 14.4. The highest BCUT2D eigenvalue weighted by atomic mass is 79.9. The van der Waals surface area contributed by atoms with Gasteiger partial charge in [0.05, 0.1) is 5.02 Å². The highest BCUT2D eigenvalue weighted by Gasteiger charge is 2.19. The van der Waals surface area contributed by atoms with Crippen LogP contribution in [-0.4, -0.2) is 41.6 Å². The molecule has 1 aromatic carbocycles. The van der Waals surface area contributed by atoms with Gasteiger partial charge in [-0.3, -0.25) is 4.79 Å². The van der Waals surface area contributed by atoms with E-state index in [2.05, 4.69) is 21.2 Å². The predicted octanol–water partition coefficient (Wildman–Crippen LogP) is 2.80. The topological polar surface area (TPSA) is 75.6 Å². The van der Waals surface area contributed by atoms with Crippen LogP contribution in [0.4, 0.5) is 0 Å². The van der Waals surface area contributed by atoms with Crippen molar-refractivity contribution in [3.63, 3.8) is 0 Å². The molecule has 21 heavy (non-hydrogen) atoms. The van der Waals surface area contributed by atoms with Gasteiger partial charge in [-0.15, -0.1) is 0 Å². The summed E-state index contributed by atoms with van der Waals surface area (Å²) < 4.78 is 6.07. The van der Waals surface area contributed by atoms with Crippen LogP contribution in [0.3, 0.4) is 0 Å². The SMILES string of the molecule is CSCC[C@@H](NC(=O)COc1ccc(Br)cc1Cl)C(=O)O. The van der Waals surface area contributed by atoms with E-state index < -0.39 is 17.9 Å². The molecular formula is C13H15BrClNO4S. The first-order valence-corrected chi connectivity index (χ1v) is 8.59. The number of ether oxygens (including phenoxy) is 1. The van der Waals surface area contributed by atoms with Gasteiger partial charge in [-0.1, -0.05) is 27.5 Å². The fourth-order valence-electron chi connectivity index (χ4n) is 1.46. The van der Waals surface area contributed by atoms with Gasteiger partial charge in [0.2, 0.25) is 0 Å². The molecule has 1 atom stereocenters. The zero-order valence-electron chi connectivity index (χ0n) is 11.3. The van der Waals surface area contributed by atoms with Crippen LogP contribution in [0.2, 0.25) is 5.02 Å². The monoisotopic (exact) mass is 395 g/mol. The third kappa shape index (κ3) is 6.58. The maximum absolute atomic E-state index is 11.7. The average molecular weight is 397 g/mol. The lowest BCUT2D eigenvalue weighted by Crippen LogP contribution is -2.43. The zero-order chi connectivity index (χ0) is 15.8. The Morgan fingerprint density at radius 3 is 2.81 bits per heavy atom. The number of carbonyl (C=O) groups excluding carboxylic acids is 1. The van der Waals surface area contributed by atoms with E-state index >= 15 is 0 Å². The van der Waals surface area contributed by atoms with E-state index in [1.807, 2.05) is 6.26 Å². The normalized spacial score (nSPS) is 11.8. The molecule has 0 aliphatic rings. The molecule has 0 aliphatic heterocycles. The van der Waals surface area contributed by atoms with Crippen molar-refractivity contribution in [3.8, 4) is 5.75 Å². The molecule has 0 spiro atoms. The van der Waals surface area contributed by atoms with E-state index in [1.54, 1.807) is 18.2 Å². The molecule has 8 heteroatoms. The fourth-order valence-corrected chi connectivity index (χ4v) is 2.66. The van der Waals surface area contributed by atoms with Gasteiger partial charge in [0.15, 0.2) is 6.61 Å². The highest BCUT2D eigenvalue weighted by Crippen LogP contribution is 2.27. The molecule has 2 N–H and O–H groups in total. The quantitative estimate of drug-likeness (QED) is 0.707. The van der Waals surface area contributed by atoms with Gasteiger partial charge in [0.1, 0.15) is 11.8 Å². The number of aliphatic carboxylic acids is 1. The highest BCUT2D eigenvalue weighted by molar-refractivity contribution is 9.10. The van der Waals surface area contributed by atoms with Gasteiger partial charge >= 0.3 is 5.97 Å². The van der Waals surface area contributed by atoms with Crippen molar-refractivity contribution in [1.29, 1.82) is 0 Å². The van der Waals surface area contributed by atoms with Crippen LogP contribution < -0.4 is 10.1 Å². The Balaban J connectivity index is 2.50. The van der Waals surface area contributed by atoms with Crippen molar-refractivity contribution in [2.45, 2.75) is 12.5 Å². The van der Waals surface area contributed by atoms with Gasteiger partial charge in [-0.05, 0) is 36.6 Å². The van der Waals surface area contributed by atoms with E-state index in [0.717, 1.165) is 4.47 Å². The molecule has 116 valence electrons. The van der Waals surface area contributed by atoms with Gasteiger partial charge in [0, 0.05) is 4.47 Å². The number of hydrogen-bond donors (Lipinski definition) is 2. The summed E-state index contributed by atoms with van der Waals surface area (Å²) >= 11 is 10.7. The Labute approximate surface area is 140 Å². The number of thioether (sulfide) groups is 1. The van der Waals surface area contributed by atoms with Crippen LogP contribution >= 0.6 is 39.3 Å². The van der Waals surface area contributed by atoms with Gasteiger partial charge in [-0.25, -0.2) is 4.79 Å². The number of amides is 1. The molecule has 1 aromatic rings. The molecule has 0 fully saturated rings. The summed E-state index contributed by atoms with van der Waals surface area (Å²) in [5, 5.41) is 11.8. The number of nitrogens with one attached hydrogen (secondary N) is 1. The molecule has 0 heterocycles. The van der Waals surface area contributed by atoms with E-state index in [4.69, 9.17) is 21.4 Å². The van der Waals surface area contributed by atoms with Crippen molar-refractivity contribution in [3.05, 3.63) is 27.7 Å². The lowest BCUT2D eigenvalue weighted by Gasteiger charge is -2.14. The minimum atomic E-state index is -1.06. The smallest absolute Gasteiger partial charge is 0.326 e. The summed E-state index contributed by atoms with van der Waals surface area (Å²) in [4.78, 5) is 22.7. The van der Waals surface area contributed by atoms with Crippen LogP contribution in [0.15, 0.2) is 22.7 Å². The van der Waals surface area contributed by atoms with Crippen molar-refractivity contribution in [2.75, 3.05) is 18.6 Å². The Kier molecular flexibility index (Phi) is 7.92. The first-order chi connectivity index (χ1) is 9.93. The number of benzene rings is 1. The van der Waals surface area contributed by atoms with Crippen molar-refractivity contribution in [2.24, 2.45) is 0 Å². The van der Waals surface area contributed by atoms with Gasteiger partial charge < -0.3 is 15.2 Å². The second-order valence-electron chi connectivity index (χ2n) is 4.10. The number of carbonyl (C=O) groups is 2. The molecule has 0 saturated carbocycles. The molecule has 5 nitrogen and oxygen atoms in total. The second kappa shape index (κ2) is 9.17. The average Bonchev–Trinajstić information content (AvgIpc) is 2.42. The lowest BCUT2D eigenvalue weighted by molar-refractivity contribution is -0.142. The first-order valence-electron chi connectivity index (χ1n) is 6.03. The summed E-state index contributed by atoms with van der Waals surface area (Å²) in [6.45, 7) is -0.287. The van der Waals surface area contributed by atoms with Gasteiger partial charge in [0.25, 0.3) is 5.91 Å². The molecule has 0 saturated heterocycles. The Bertz CT molecular complexity index is 515. The number of hydrogen-bond acceptors (Lipinski definition) is 4. The summed E-state index contributed by atoms with van der Waals surface area (Å²) in [7, 11) is 0. The first kappa shape index (κ1) is 18.1. The van der Waals surface area contributed by atoms with Crippen LogP contribution in [0.1, 0.15) is 6.42 Å². The van der Waals surface area contributed by atoms with Crippen LogP contribution in [0.5, 0.6) is 5.75 Å². The summed E-state index contributed by atoms with van der Waals surface area (Å²) in [6, 6.07) is 4.10. The largest absolute Gasteiger partial charge is 0.482 e. The van der Waals surface area contributed by atoms with Crippen molar-refractivity contribution >= 4 is 51.2 Å². The molecule has 0 aliphatic carbocycles. The van der Waals surface area contributed by atoms with E-state index in [-0.39, 0.29) is 6.61 Å². The molecule has 0 radical (unpaired) electrons. The second-order valence-corrected chi connectivity index (χ2v) is 6.41. The third-order valence-electron chi connectivity index (χ3n) is 2.50. The molecule has 0 bridgehead atoms. The predicted molar refractivity (Wildman–Crippen MR) is 87.2 cm³/mol. The third-order valence-corrected chi connectivity index (χ3v) is 3.93. The fraction of sp³-hybridized carbons (Fsp3) is 0.385. The van der Waals surface area contributed by atoms with Crippen molar-refractivity contribution < 1.29 is 19.4 Å². The number of carboxylic acid groups (broad SMARTS) is 1. The summed E-state index contributed by atoms with van der Waals surface area (Å²) in [5.41, 5.74) is 0. The van der Waals surface area contributed by atoms with Crippen LogP contribution in [-0.2, 0) is 9.59 Å². The maximum atomic E-state index is 11.7. The molecule has 0 unspecified atom stereocenters. The van der Waals surface area contributed by atoms with Crippen LogP contribution in [0.25, 0.3) is 0 Å². The number of halogens is 2. The van der Waals surface area contributed by atoms with E-state index in [9.17, 15) is 9.59 Å². The van der Waals surface area contributed by atoms with E-state index in [0.29, 0.717) is 22.9 Å². The Morgan fingerprint density at radius 2 is 2.24 bits per heavy atom. The minimum Gasteiger partial charge on any atom is -0.482 e. The van der Waals surface area contributed by atoms with Crippen molar-refractivity contribution in [1.82, 2.24) is 5.32 Å². The molecular weight excluding hydrogens is 382 g/mol. The lowest BCUT2D eigenvalue weighted by atomic mass is 10.2. The minimum absolute atomic E-state index is 0.287. The van der Waals surface area contributed by atoms with Crippen LogP contribution in [0, 0.1) is 0 Å². The Morgan fingerprint density at radius 1 is 1.52 bits per heavy atom. The molecule has 1 rings (SSSR count). The Hall–Kier alpha value is -0.920. The standard InChI is InChI=1S/C13H15BrClNO4S/c1-21-5-4-10(13(18)19)16-12(17)7-20-11-3-2-8(14)6-9(11)15/h2-3,6,10H,4-5,7H2,1H3,(H,16,17)(H,18,19)/t10-/m1/s1. The molecule has 1 amide bonds. The van der Waals surface area contributed by atoms with Gasteiger partial charge in [-0.2, -0.15) is 11.8 Å².